The predicted molar refractivity (Wildman–Crippen MR) is 47.6 cm³/mol. The molecular formula is C8H11BO3. The third-order valence-electron chi connectivity index (χ3n) is 1.51. The predicted octanol–water partition coefficient (Wildman–Crippen LogP) is -0.317. The van der Waals surface area contributed by atoms with Crippen LogP contribution in [0.25, 0.3) is 0 Å². The van der Waals surface area contributed by atoms with E-state index >= 15 is 0 Å². The number of hydrogen-bond donors (Lipinski definition) is 2. The molecule has 0 unspecified atom stereocenters. The van der Waals surface area contributed by atoms with Crippen LogP contribution in [0.5, 0.6) is 5.75 Å². The highest BCUT2D eigenvalue weighted by Crippen LogP contribution is 2.08. The zero-order valence-electron chi connectivity index (χ0n) is 9.61. The van der Waals surface area contributed by atoms with E-state index in [4.69, 9.17) is 18.9 Å². The average Bonchev–Trinajstić information content (AvgIpc) is 2.15. The van der Waals surface area contributed by atoms with Crippen molar-refractivity contribution in [1.29, 1.82) is 0 Å². The van der Waals surface area contributed by atoms with Crippen LogP contribution < -0.4 is 10.2 Å². The van der Waals surface area contributed by atoms with Crippen LogP contribution in [0.3, 0.4) is 0 Å². The van der Waals surface area contributed by atoms with E-state index in [2.05, 4.69) is 0 Å². The monoisotopic (exact) mass is 169 g/mol. The van der Waals surface area contributed by atoms with E-state index in [0.717, 1.165) is 0 Å². The van der Waals surface area contributed by atoms with Crippen molar-refractivity contribution in [2.75, 3.05) is 7.11 Å². The minimum atomic E-state index is -2.27. The van der Waals surface area contributed by atoms with E-state index in [1.807, 2.05) is 0 Å². The molecule has 0 aliphatic carbocycles. The maximum absolute atomic E-state index is 9.02. The molecule has 64 valence electrons. The number of rotatable bonds is 2. The Morgan fingerprint density at radius 2 is 2.25 bits per heavy atom. The van der Waals surface area contributed by atoms with Gasteiger partial charge in [-0.25, -0.2) is 0 Å². The zero-order chi connectivity index (χ0) is 11.6. The number of hydrogen-bond acceptors (Lipinski definition) is 3. The average molecular weight is 169 g/mol. The van der Waals surface area contributed by atoms with Crippen molar-refractivity contribution in [3.05, 3.63) is 23.8 Å². The Hall–Kier alpha value is -0.995. The van der Waals surface area contributed by atoms with Gasteiger partial charge in [0, 0.05) is 9.58 Å². The molecule has 0 radical (unpaired) electrons. The molecular weight excluding hydrogens is 155 g/mol. The van der Waals surface area contributed by atoms with Gasteiger partial charge in [0.1, 0.15) is 5.75 Å². The fourth-order valence-electron chi connectivity index (χ4n) is 0.936. The van der Waals surface area contributed by atoms with Crippen LogP contribution in [0.1, 0.15) is 9.68 Å². The Balaban J connectivity index is 3.22. The maximum atomic E-state index is 9.02. The maximum Gasteiger partial charge on any atom is 0.492 e. The summed E-state index contributed by atoms with van der Waals surface area (Å²) in [6, 6.07) is 3.98. The summed E-state index contributed by atoms with van der Waals surface area (Å²) >= 11 is 0. The van der Waals surface area contributed by atoms with Gasteiger partial charge in [-0.2, -0.15) is 0 Å². The molecule has 1 aromatic carbocycles. The van der Waals surface area contributed by atoms with Crippen LogP contribution in [-0.4, -0.2) is 24.3 Å². The quantitative estimate of drug-likeness (QED) is 0.596. The van der Waals surface area contributed by atoms with Crippen molar-refractivity contribution in [2.24, 2.45) is 0 Å². The van der Waals surface area contributed by atoms with Gasteiger partial charge in [0.15, 0.2) is 0 Å². The molecule has 1 aromatic rings. The van der Waals surface area contributed by atoms with Crippen molar-refractivity contribution in [1.82, 2.24) is 0 Å². The molecule has 0 saturated carbocycles. The van der Waals surface area contributed by atoms with E-state index in [1.165, 1.54) is 25.3 Å². The molecule has 3 nitrogen and oxygen atoms in total. The van der Waals surface area contributed by atoms with Crippen LogP contribution in [0.15, 0.2) is 18.2 Å². The van der Waals surface area contributed by atoms with Crippen LogP contribution in [-0.2, 0) is 0 Å². The number of ether oxygens (including phenoxy) is 1. The van der Waals surface area contributed by atoms with Crippen molar-refractivity contribution < 1.29 is 18.9 Å². The smallest absolute Gasteiger partial charge is 0.492 e. The van der Waals surface area contributed by atoms with Gasteiger partial charge in [-0.3, -0.25) is 0 Å². The summed E-state index contributed by atoms with van der Waals surface area (Å²) in [5.41, 5.74) is 0.0949. The van der Waals surface area contributed by atoms with Gasteiger partial charge in [0.25, 0.3) is 0 Å². The Kier molecular flexibility index (Phi) is 1.69. The Labute approximate surface area is 76.0 Å². The number of methoxy groups -OCH3 is 1. The van der Waals surface area contributed by atoms with Crippen LogP contribution in [0.4, 0.5) is 0 Å². The van der Waals surface area contributed by atoms with Crippen LogP contribution in [0.2, 0.25) is 0 Å². The lowest BCUT2D eigenvalue weighted by Gasteiger charge is -2.07. The molecule has 0 saturated heterocycles. The summed E-state index contributed by atoms with van der Waals surface area (Å²) in [5, 5.41) is 18.0. The minimum Gasteiger partial charge on any atom is -0.497 e. The minimum absolute atomic E-state index is 0.0473. The SMILES string of the molecule is [2H]C([2H])([2H])c1ccc(OC)c(B(O)O)c1. The van der Waals surface area contributed by atoms with Gasteiger partial charge in [-0.15, -0.1) is 0 Å². The Morgan fingerprint density at radius 3 is 2.75 bits per heavy atom. The number of benzene rings is 1. The summed E-state index contributed by atoms with van der Waals surface area (Å²) < 4.78 is 26.4. The topological polar surface area (TPSA) is 49.7 Å². The highest BCUT2D eigenvalue weighted by Gasteiger charge is 2.16. The van der Waals surface area contributed by atoms with Crippen molar-refractivity contribution in [3.63, 3.8) is 0 Å². The fraction of sp³-hybridized carbons (Fsp3) is 0.250. The molecule has 1 rings (SSSR count). The molecule has 0 spiro atoms. The molecule has 0 heterocycles. The second-order valence-electron chi connectivity index (χ2n) is 2.33. The van der Waals surface area contributed by atoms with Gasteiger partial charge in [0.2, 0.25) is 0 Å². The molecule has 0 aliphatic rings. The first-order valence-corrected chi connectivity index (χ1v) is 3.41. The normalized spacial score (nSPS) is 14.4. The van der Waals surface area contributed by atoms with Gasteiger partial charge in [-0.05, 0) is 12.9 Å². The Morgan fingerprint density at radius 1 is 1.50 bits per heavy atom. The van der Waals surface area contributed by atoms with E-state index in [-0.39, 0.29) is 16.8 Å². The van der Waals surface area contributed by atoms with Gasteiger partial charge >= 0.3 is 7.12 Å². The van der Waals surface area contributed by atoms with E-state index in [0.29, 0.717) is 0 Å². The molecule has 0 aromatic heterocycles. The summed E-state index contributed by atoms with van der Waals surface area (Å²) in [4.78, 5) is 0. The summed E-state index contributed by atoms with van der Waals surface area (Å²) in [6.07, 6.45) is 0. The third-order valence-corrected chi connectivity index (χ3v) is 1.51. The molecule has 0 aliphatic heterocycles. The lowest BCUT2D eigenvalue weighted by Crippen LogP contribution is -2.31. The highest BCUT2D eigenvalue weighted by molar-refractivity contribution is 6.59. The van der Waals surface area contributed by atoms with Gasteiger partial charge < -0.3 is 14.8 Å². The van der Waals surface area contributed by atoms with Gasteiger partial charge in [0.05, 0.1) is 7.11 Å². The second kappa shape index (κ2) is 3.60. The molecule has 12 heavy (non-hydrogen) atoms. The van der Waals surface area contributed by atoms with E-state index in [1.54, 1.807) is 0 Å². The largest absolute Gasteiger partial charge is 0.497 e. The second-order valence-corrected chi connectivity index (χ2v) is 2.33. The first kappa shape index (κ1) is 5.62. The Bertz CT molecular complexity index is 351. The lowest BCUT2D eigenvalue weighted by atomic mass is 9.79. The summed E-state index contributed by atoms with van der Waals surface area (Å²) in [6.45, 7) is -2.27. The van der Waals surface area contributed by atoms with E-state index in [9.17, 15) is 0 Å². The van der Waals surface area contributed by atoms with E-state index < -0.39 is 14.0 Å². The lowest BCUT2D eigenvalue weighted by molar-refractivity contribution is 0.403. The molecule has 0 amide bonds. The number of aryl methyl sites for hydroxylation is 1. The van der Waals surface area contributed by atoms with Crippen LogP contribution >= 0.6 is 0 Å². The molecule has 0 fully saturated rings. The van der Waals surface area contributed by atoms with Crippen molar-refractivity contribution >= 4 is 12.6 Å². The fourth-order valence-corrected chi connectivity index (χ4v) is 0.936. The molecule has 2 N–H and O–H groups in total. The molecule has 0 atom stereocenters. The van der Waals surface area contributed by atoms with Crippen LogP contribution in [0, 0.1) is 6.85 Å². The van der Waals surface area contributed by atoms with Gasteiger partial charge in [-0.1, -0.05) is 17.7 Å². The highest BCUT2D eigenvalue weighted by atomic mass is 16.5. The zero-order valence-corrected chi connectivity index (χ0v) is 6.61. The summed E-state index contributed by atoms with van der Waals surface area (Å²) in [7, 11) is -0.377. The third kappa shape index (κ3) is 1.78. The first-order chi connectivity index (χ1) is 6.86. The molecule has 4 heteroatoms. The standard InChI is InChI=1S/C8H11BO3/c1-6-3-4-8(12-2)7(5-6)9(10)11/h3-5,10-11H,1-2H3/i1D3. The summed E-state index contributed by atoms with van der Waals surface area (Å²) in [5.74, 6) is 0.248. The van der Waals surface area contributed by atoms with Crippen molar-refractivity contribution in [2.45, 2.75) is 6.85 Å². The first-order valence-electron chi connectivity index (χ1n) is 4.91. The van der Waals surface area contributed by atoms with Crippen molar-refractivity contribution in [3.8, 4) is 5.75 Å². The molecule has 0 bridgehead atoms.